The largest absolute Gasteiger partial charge is 0.495 e. The van der Waals surface area contributed by atoms with Crippen LogP contribution in [0.5, 0.6) is 5.75 Å². The summed E-state index contributed by atoms with van der Waals surface area (Å²) in [5.74, 6) is -0.605. The Morgan fingerprint density at radius 2 is 1.94 bits per heavy atom. The Kier molecular flexibility index (Phi) is 7.13. The van der Waals surface area contributed by atoms with Gasteiger partial charge in [0.25, 0.3) is 5.91 Å². The van der Waals surface area contributed by atoms with Gasteiger partial charge in [-0.3, -0.25) is 9.59 Å². The van der Waals surface area contributed by atoms with Crippen molar-refractivity contribution in [1.29, 1.82) is 0 Å². The highest BCUT2D eigenvalue weighted by Crippen LogP contribution is 2.35. The number of thiophene rings is 1. The molecule has 0 spiro atoms. The highest BCUT2D eigenvalue weighted by atomic mass is 32.2. The minimum absolute atomic E-state index is 0.0827. The molecule has 0 aliphatic rings. The fourth-order valence-electron chi connectivity index (χ4n) is 2.36. The minimum Gasteiger partial charge on any atom is -0.495 e. The monoisotopic (exact) mass is 468 g/mol. The van der Waals surface area contributed by atoms with Gasteiger partial charge in [0.05, 0.1) is 29.0 Å². The molecule has 0 saturated heterocycles. The van der Waals surface area contributed by atoms with Gasteiger partial charge >= 0.3 is 6.18 Å². The van der Waals surface area contributed by atoms with E-state index in [9.17, 15) is 22.8 Å². The number of alkyl halides is 3. The van der Waals surface area contributed by atoms with Crippen LogP contribution < -0.4 is 15.4 Å². The maximum absolute atomic E-state index is 12.9. The zero-order valence-electron chi connectivity index (χ0n) is 15.9. The molecule has 0 unspecified atom stereocenters. The molecule has 162 valence electrons. The molecule has 12 heteroatoms. The van der Waals surface area contributed by atoms with Crippen LogP contribution in [0.4, 0.5) is 24.7 Å². The van der Waals surface area contributed by atoms with Gasteiger partial charge in [-0.15, -0.1) is 21.5 Å². The molecule has 0 aliphatic carbocycles. The molecule has 1 aromatic carbocycles. The number of aromatic nitrogens is 2. The second-order valence-electron chi connectivity index (χ2n) is 5.94. The van der Waals surface area contributed by atoms with E-state index in [-0.39, 0.29) is 28.9 Å². The number of rotatable bonds is 7. The van der Waals surface area contributed by atoms with E-state index in [1.54, 1.807) is 23.6 Å². The first-order chi connectivity index (χ1) is 14.8. The van der Waals surface area contributed by atoms with Gasteiger partial charge in [-0.05, 0) is 41.8 Å². The first-order valence-corrected chi connectivity index (χ1v) is 10.5. The Hall–Kier alpha value is -3.12. The molecule has 2 amide bonds. The molecule has 3 aromatic rings. The molecule has 2 aromatic heterocycles. The van der Waals surface area contributed by atoms with Crippen molar-refractivity contribution in [3.05, 3.63) is 58.3 Å². The fourth-order valence-corrected chi connectivity index (χ4v) is 3.59. The Morgan fingerprint density at radius 1 is 1.13 bits per heavy atom. The number of thioether (sulfide) groups is 1. The van der Waals surface area contributed by atoms with Crippen molar-refractivity contribution < 1.29 is 27.5 Å². The van der Waals surface area contributed by atoms with E-state index in [0.717, 1.165) is 30.0 Å². The molecule has 0 fully saturated rings. The summed E-state index contributed by atoms with van der Waals surface area (Å²) in [5.41, 5.74) is -0.983. The van der Waals surface area contributed by atoms with Gasteiger partial charge in [0.1, 0.15) is 10.8 Å². The smallest absolute Gasteiger partial charge is 0.416 e. The normalized spacial score (nSPS) is 11.1. The van der Waals surface area contributed by atoms with E-state index in [0.29, 0.717) is 9.90 Å². The van der Waals surface area contributed by atoms with Gasteiger partial charge in [-0.1, -0.05) is 17.8 Å². The van der Waals surface area contributed by atoms with E-state index >= 15 is 0 Å². The van der Waals surface area contributed by atoms with Crippen molar-refractivity contribution >= 4 is 46.4 Å². The number of halogens is 3. The lowest BCUT2D eigenvalue weighted by Crippen LogP contribution is -2.16. The van der Waals surface area contributed by atoms with Gasteiger partial charge in [0.15, 0.2) is 5.82 Å². The summed E-state index contributed by atoms with van der Waals surface area (Å²) in [7, 11) is 1.29. The standard InChI is InChI=1S/C19H15F3N4O3S2/c1-29-13-5-4-11(19(20,21)22)9-12(13)23-16(27)10-31-17-7-6-15(25-26-17)24-18(28)14-3-2-8-30-14/h2-9H,10H2,1H3,(H,23,27)(H,24,25,28). The number of nitrogens with one attached hydrogen (secondary N) is 2. The molecule has 0 atom stereocenters. The molecule has 0 bridgehead atoms. The number of ether oxygens (including phenoxy) is 1. The molecule has 31 heavy (non-hydrogen) atoms. The SMILES string of the molecule is COc1ccc(C(F)(F)F)cc1NC(=O)CSc1ccc(NC(=O)c2cccs2)nn1. The summed E-state index contributed by atoms with van der Waals surface area (Å²) < 4.78 is 43.7. The summed E-state index contributed by atoms with van der Waals surface area (Å²) in [5, 5.41) is 15.0. The fraction of sp³-hybridized carbons (Fsp3) is 0.158. The summed E-state index contributed by atoms with van der Waals surface area (Å²) in [6.45, 7) is 0. The molecule has 3 rings (SSSR count). The van der Waals surface area contributed by atoms with E-state index in [1.807, 2.05) is 0 Å². The molecule has 0 aliphatic heterocycles. The maximum atomic E-state index is 12.9. The van der Waals surface area contributed by atoms with E-state index in [2.05, 4.69) is 20.8 Å². The van der Waals surface area contributed by atoms with Gasteiger partial charge < -0.3 is 15.4 Å². The summed E-state index contributed by atoms with van der Waals surface area (Å²) in [4.78, 5) is 24.7. The molecular formula is C19H15F3N4O3S2. The summed E-state index contributed by atoms with van der Waals surface area (Å²) in [6, 6.07) is 9.36. The van der Waals surface area contributed by atoms with Crippen LogP contribution in [0.1, 0.15) is 15.2 Å². The average molecular weight is 468 g/mol. The molecule has 2 N–H and O–H groups in total. The maximum Gasteiger partial charge on any atom is 0.416 e. The zero-order chi connectivity index (χ0) is 22.4. The number of nitrogens with zero attached hydrogens (tertiary/aromatic N) is 2. The van der Waals surface area contributed by atoms with Crippen LogP contribution in [0.25, 0.3) is 0 Å². The zero-order valence-corrected chi connectivity index (χ0v) is 17.5. The second kappa shape index (κ2) is 9.79. The Labute approximate surface area is 183 Å². The van der Waals surface area contributed by atoms with E-state index in [4.69, 9.17) is 4.74 Å². The second-order valence-corrected chi connectivity index (χ2v) is 7.88. The third-order valence-corrected chi connectivity index (χ3v) is 5.57. The van der Waals surface area contributed by atoms with Gasteiger partial charge in [0, 0.05) is 0 Å². The summed E-state index contributed by atoms with van der Waals surface area (Å²) >= 11 is 2.33. The number of hydrogen-bond acceptors (Lipinski definition) is 7. The third-order valence-electron chi connectivity index (χ3n) is 3.78. The number of anilines is 2. The Balaban J connectivity index is 1.57. The number of carbonyl (C=O) groups is 2. The van der Waals surface area contributed by atoms with Gasteiger partial charge in [-0.25, -0.2) is 0 Å². The molecule has 0 saturated carbocycles. The molecular weight excluding hydrogens is 453 g/mol. The number of hydrogen-bond donors (Lipinski definition) is 2. The lowest BCUT2D eigenvalue weighted by atomic mass is 10.2. The van der Waals surface area contributed by atoms with Crippen LogP contribution >= 0.6 is 23.1 Å². The third kappa shape index (κ3) is 6.18. The average Bonchev–Trinajstić information content (AvgIpc) is 3.28. The number of carbonyl (C=O) groups excluding carboxylic acids is 2. The Morgan fingerprint density at radius 3 is 2.55 bits per heavy atom. The quantitative estimate of drug-likeness (QED) is 0.495. The van der Waals surface area contributed by atoms with E-state index in [1.165, 1.54) is 24.5 Å². The van der Waals surface area contributed by atoms with Crippen molar-refractivity contribution in [2.45, 2.75) is 11.2 Å². The van der Waals surface area contributed by atoms with Gasteiger partial charge in [-0.2, -0.15) is 13.2 Å². The van der Waals surface area contributed by atoms with Crippen LogP contribution in [0.3, 0.4) is 0 Å². The predicted molar refractivity (Wildman–Crippen MR) is 112 cm³/mol. The predicted octanol–water partition coefficient (Wildman–Crippen LogP) is 4.55. The summed E-state index contributed by atoms with van der Waals surface area (Å²) in [6.07, 6.45) is -4.54. The van der Waals surface area contributed by atoms with Crippen molar-refractivity contribution in [3.63, 3.8) is 0 Å². The molecule has 0 radical (unpaired) electrons. The lowest BCUT2D eigenvalue weighted by Gasteiger charge is -2.13. The minimum atomic E-state index is -4.54. The number of methoxy groups -OCH3 is 1. The van der Waals surface area contributed by atoms with E-state index < -0.39 is 17.6 Å². The number of amides is 2. The topological polar surface area (TPSA) is 93.2 Å². The highest BCUT2D eigenvalue weighted by molar-refractivity contribution is 7.99. The molecule has 2 heterocycles. The van der Waals surface area contributed by atoms with Crippen molar-refractivity contribution in [3.8, 4) is 5.75 Å². The van der Waals surface area contributed by atoms with Crippen LogP contribution in [0.15, 0.2) is 52.9 Å². The van der Waals surface area contributed by atoms with Crippen molar-refractivity contribution in [1.82, 2.24) is 10.2 Å². The van der Waals surface area contributed by atoms with Crippen LogP contribution in [-0.4, -0.2) is 34.9 Å². The Bertz CT molecular complexity index is 1060. The van der Waals surface area contributed by atoms with Gasteiger partial charge in [0.2, 0.25) is 5.91 Å². The van der Waals surface area contributed by atoms with Crippen LogP contribution in [0, 0.1) is 0 Å². The van der Waals surface area contributed by atoms with Crippen molar-refractivity contribution in [2.24, 2.45) is 0 Å². The molecule has 7 nitrogen and oxygen atoms in total. The van der Waals surface area contributed by atoms with Crippen LogP contribution in [-0.2, 0) is 11.0 Å². The number of benzene rings is 1. The first kappa shape index (κ1) is 22.6. The first-order valence-electron chi connectivity index (χ1n) is 8.63. The lowest BCUT2D eigenvalue weighted by molar-refractivity contribution is -0.137. The van der Waals surface area contributed by atoms with Crippen molar-refractivity contribution in [2.75, 3.05) is 23.5 Å². The highest BCUT2D eigenvalue weighted by Gasteiger charge is 2.31. The van der Waals surface area contributed by atoms with Crippen LogP contribution in [0.2, 0.25) is 0 Å².